The highest BCUT2D eigenvalue weighted by Gasteiger charge is 2.02. The standard InChI is InChI=1S/C8H18O4.C4H6O2/c1-2-3-5-12-8(10)7-11-6-4-9;1-3-4(5)6-2/h8-10H,2-7H2,1H3;3H,1H2,2H3. The predicted molar refractivity (Wildman–Crippen MR) is 67.0 cm³/mol. The number of hydrogen-bond acceptors (Lipinski definition) is 6. The van der Waals surface area contributed by atoms with Gasteiger partial charge >= 0.3 is 5.97 Å². The molecule has 1 atom stereocenters. The lowest BCUT2D eigenvalue weighted by molar-refractivity contribution is -0.139. The first-order valence-electron chi connectivity index (χ1n) is 5.80. The Labute approximate surface area is 108 Å². The third kappa shape index (κ3) is 17.4. The molecule has 6 nitrogen and oxygen atoms in total. The van der Waals surface area contributed by atoms with E-state index in [4.69, 9.17) is 19.7 Å². The van der Waals surface area contributed by atoms with Gasteiger partial charge in [0.2, 0.25) is 0 Å². The molecule has 6 heteroatoms. The maximum atomic E-state index is 9.84. The van der Waals surface area contributed by atoms with Crippen LogP contribution in [-0.2, 0) is 19.0 Å². The number of rotatable bonds is 9. The molecular weight excluding hydrogens is 240 g/mol. The fourth-order valence-corrected chi connectivity index (χ4v) is 0.744. The molecule has 0 saturated carbocycles. The summed E-state index contributed by atoms with van der Waals surface area (Å²) in [6.45, 7) is 6.11. The van der Waals surface area contributed by atoms with Crippen molar-refractivity contribution in [2.75, 3.05) is 33.5 Å². The summed E-state index contributed by atoms with van der Waals surface area (Å²) < 4.78 is 14.0. The van der Waals surface area contributed by atoms with Gasteiger partial charge in [-0.05, 0) is 6.42 Å². The minimum atomic E-state index is -0.858. The highest BCUT2D eigenvalue weighted by Crippen LogP contribution is 1.93. The zero-order valence-corrected chi connectivity index (χ0v) is 11.1. The third-order valence-electron chi connectivity index (χ3n) is 1.67. The van der Waals surface area contributed by atoms with Gasteiger partial charge in [-0.15, -0.1) is 0 Å². The molecule has 0 aromatic heterocycles. The van der Waals surface area contributed by atoms with Crippen molar-refractivity contribution in [1.29, 1.82) is 0 Å². The molecule has 0 aliphatic rings. The van der Waals surface area contributed by atoms with Gasteiger partial charge in [0, 0.05) is 12.7 Å². The van der Waals surface area contributed by atoms with E-state index in [-0.39, 0.29) is 19.8 Å². The second kappa shape index (κ2) is 16.1. The van der Waals surface area contributed by atoms with Crippen molar-refractivity contribution in [3.8, 4) is 0 Å². The first-order valence-corrected chi connectivity index (χ1v) is 5.80. The van der Waals surface area contributed by atoms with Crippen LogP contribution in [0.2, 0.25) is 0 Å². The van der Waals surface area contributed by atoms with Gasteiger partial charge in [0.05, 0.1) is 26.9 Å². The molecular formula is C12H24O6. The lowest BCUT2D eigenvalue weighted by atomic mass is 10.4. The molecule has 0 aromatic rings. The molecule has 0 heterocycles. The Balaban J connectivity index is 0. The van der Waals surface area contributed by atoms with E-state index < -0.39 is 12.3 Å². The summed E-state index contributed by atoms with van der Waals surface area (Å²) in [5, 5.41) is 17.4. The van der Waals surface area contributed by atoms with Crippen LogP contribution in [0.1, 0.15) is 19.8 Å². The molecule has 18 heavy (non-hydrogen) atoms. The molecule has 0 radical (unpaired) electrons. The van der Waals surface area contributed by atoms with E-state index in [1.165, 1.54) is 7.11 Å². The van der Waals surface area contributed by atoms with Crippen LogP contribution in [0.3, 0.4) is 0 Å². The van der Waals surface area contributed by atoms with E-state index in [9.17, 15) is 4.79 Å². The molecule has 2 N–H and O–H groups in total. The van der Waals surface area contributed by atoms with Crippen molar-refractivity contribution in [3.63, 3.8) is 0 Å². The quantitative estimate of drug-likeness (QED) is 0.273. The van der Waals surface area contributed by atoms with Crippen LogP contribution in [0.25, 0.3) is 0 Å². The molecule has 0 saturated heterocycles. The van der Waals surface area contributed by atoms with E-state index >= 15 is 0 Å². The summed E-state index contributed by atoms with van der Waals surface area (Å²) in [6.07, 6.45) is 2.24. The normalized spacial score (nSPS) is 11.1. The summed E-state index contributed by atoms with van der Waals surface area (Å²) >= 11 is 0. The summed E-state index contributed by atoms with van der Waals surface area (Å²) in [4.78, 5) is 9.84. The lowest BCUT2D eigenvalue weighted by Crippen LogP contribution is -2.20. The Morgan fingerprint density at radius 2 is 2.11 bits per heavy atom. The maximum absolute atomic E-state index is 9.84. The molecule has 0 amide bonds. The summed E-state index contributed by atoms with van der Waals surface area (Å²) in [5.74, 6) is -0.394. The molecule has 0 aliphatic heterocycles. The number of ether oxygens (including phenoxy) is 3. The van der Waals surface area contributed by atoms with Gasteiger partial charge in [0.25, 0.3) is 0 Å². The third-order valence-corrected chi connectivity index (χ3v) is 1.67. The summed E-state index contributed by atoms with van der Waals surface area (Å²) in [6, 6.07) is 0. The molecule has 0 bridgehead atoms. The van der Waals surface area contributed by atoms with Crippen LogP contribution in [0.5, 0.6) is 0 Å². The van der Waals surface area contributed by atoms with Crippen LogP contribution >= 0.6 is 0 Å². The SMILES string of the molecule is C=CC(=O)OC.CCCCOC(O)COCCO. The van der Waals surface area contributed by atoms with Gasteiger partial charge in [-0.3, -0.25) is 0 Å². The number of esters is 1. The van der Waals surface area contributed by atoms with Crippen LogP contribution in [0.4, 0.5) is 0 Å². The molecule has 0 fully saturated rings. The van der Waals surface area contributed by atoms with E-state index in [1.807, 2.05) is 0 Å². The molecule has 0 rings (SSSR count). The summed E-state index contributed by atoms with van der Waals surface area (Å²) in [7, 11) is 1.31. The predicted octanol–water partition coefficient (Wildman–Crippen LogP) is 0.476. The average Bonchev–Trinajstić information content (AvgIpc) is 2.39. The molecule has 1 unspecified atom stereocenters. The second-order valence-electron chi connectivity index (χ2n) is 3.20. The van der Waals surface area contributed by atoms with Gasteiger partial charge in [0.1, 0.15) is 0 Å². The van der Waals surface area contributed by atoms with E-state index in [0.717, 1.165) is 18.9 Å². The van der Waals surface area contributed by atoms with Crippen LogP contribution in [-0.4, -0.2) is 56.0 Å². The molecule has 0 aromatic carbocycles. The minimum Gasteiger partial charge on any atom is -0.466 e. The van der Waals surface area contributed by atoms with Crippen LogP contribution < -0.4 is 0 Å². The zero-order valence-electron chi connectivity index (χ0n) is 11.1. The Bertz CT molecular complexity index is 185. The largest absolute Gasteiger partial charge is 0.466 e. The van der Waals surface area contributed by atoms with Crippen molar-refractivity contribution < 1.29 is 29.2 Å². The number of hydrogen-bond donors (Lipinski definition) is 2. The Morgan fingerprint density at radius 1 is 1.44 bits per heavy atom. The smallest absolute Gasteiger partial charge is 0.329 e. The van der Waals surface area contributed by atoms with Gasteiger partial charge in [0.15, 0.2) is 6.29 Å². The Hall–Kier alpha value is -0.950. The monoisotopic (exact) mass is 264 g/mol. The number of aliphatic hydroxyl groups is 2. The number of carbonyl (C=O) groups excluding carboxylic acids is 1. The van der Waals surface area contributed by atoms with Crippen molar-refractivity contribution >= 4 is 5.97 Å². The minimum absolute atomic E-state index is 0.0261. The van der Waals surface area contributed by atoms with Gasteiger partial charge in [-0.25, -0.2) is 4.79 Å². The van der Waals surface area contributed by atoms with Gasteiger partial charge in [-0.2, -0.15) is 0 Å². The molecule has 0 spiro atoms. The number of methoxy groups -OCH3 is 1. The van der Waals surface area contributed by atoms with E-state index in [0.29, 0.717) is 6.61 Å². The fourth-order valence-electron chi connectivity index (χ4n) is 0.744. The Kier molecular flexibility index (Phi) is 17.3. The first kappa shape index (κ1) is 19.4. The second-order valence-corrected chi connectivity index (χ2v) is 3.20. The van der Waals surface area contributed by atoms with Crippen LogP contribution in [0.15, 0.2) is 12.7 Å². The van der Waals surface area contributed by atoms with Crippen molar-refractivity contribution in [1.82, 2.24) is 0 Å². The van der Waals surface area contributed by atoms with Crippen LogP contribution in [0, 0.1) is 0 Å². The molecule has 0 aliphatic carbocycles. The van der Waals surface area contributed by atoms with E-state index in [1.54, 1.807) is 0 Å². The van der Waals surface area contributed by atoms with Gasteiger partial charge in [-0.1, -0.05) is 19.9 Å². The number of carbonyl (C=O) groups is 1. The number of aliphatic hydroxyl groups excluding tert-OH is 2. The zero-order chi connectivity index (χ0) is 14.2. The van der Waals surface area contributed by atoms with Crippen molar-refractivity contribution in [3.05, 3.63) is 12.7 Å². The van der Waals surface area contributed by atoms with Crippen molar-refractivity contribution in [2.45, 2.75) is 26.1 Å². The topological polar surface area (TPSA) is 85.2 Å². The average molecular weight is 264 g/mol. The van der Waals surface area contributed by atoms with Crippen molar-refractivity contribution in [2.24, 2.45) is 0 Å². The summed E-state index contributed by atoms with van der Waals surface area (Å²) in [5.41, 5.74) is 0. The first-order chi connectivity index (χ1) is 8.62. The van der Waals surface area contributed by atoms with Gasteiger partial charge < -0.3 is 24.4 Å². The molecule has 108 valence electrons. The fraction of sp³-hybridized carbons (Fsp3) is 0.750. The highest BCUT2D eigenvalue weighted by atomic mass is 16.6. The van der Waals surface area contributed by atoms with E-state index in [2.05, 4.69) is 18.2 Å². The maximum Gasteiger partial charge on any atom is 0.329 e. The lowest BCUT2D eigenvalue weighted by Gasteiger charge is -2.11. The Morgan fingerprint density at radius 3 is 2.50 bits per heavy atom. The highest BCUT2D eigenvalue weighted by molar-refractivity contribution is 5.80. The number of unbranched alkanes of at least 4 members (excludes halogenated alkanes) is 1.